The topological polar surface area (TPSA) is 17.1 Å². The van der Waals surface area contributed by atoms with Crippen LogP contribution in [-0.4, -0.2) is 14.9 Å². The van der Waals surface area contributed by atoms with E-state index in [0.717, 1.165) is 12.2 Å². The SMILES string of the molecule is CC1(C)CCSC(=O)S1. The molecule has 3 heteroatoms. The summed E-state index contributed by atoms with van der Waals surface area (Å²) in [5.41, 5.74) is 0. The van der Waals surface area contributed by atoms with Crippen LogP contribution in [-0.2, 0) is 0 Å². The van der Waals surface area contributed by atoms with Gasteiger partial charge in [-0.15, -0.1) is 0 Å². The molecule has 0 aromatic heterocycles. The van der Waals surface area contributed by atoms with Crippen molar-refractivity contribution in [3.05, 3.63) is 0 Å². The Bertz CT molecular complexity index is 131. The Morgan fingerprint density at radius 2 is 2.22 bits per heavy atom. The molecule has 0 amide bonds. The van der Waals surface area contributed by atoms with Crippen molar-refractivity contribution in [3.8, 4) is 0 Å². The van der Waals surface area contributed by atoms with E-state index in [-0.39, 0.29) is 9.19 Å². The smallest absolute Gasteiger partial charge is 0.246 e. The molecule has 9 heavy (non-hydrogen) atoms. The molecule has 0 radical (unpaired) electrons. The predicted molar refractivity (Wildman–Crippen MR) is 44.1 cm³/mol. The fraction of sp³-hybridized carbons (Fsp3) is 0.833. The van der Waals surface area contributed by atoms with E-state index >= 15 is 0 Å². The zero-order chi connectivity index (χ0) is 6.91. The van der Waals surface area contributed by atoms with Gasteiger partial charge in [0.25, 0.3) is 0 Å². The van der Waals surface area contributed by atoms with Crippen molar-refractivity contribution in [1.29, 1.82) is 0 Å². The van der Waals surface area contributed by atoms with Crippen LogP contribution in [0.25, 0.3) is 0 Å². The molecule has 1 fully saturated rings. The van der Waals surface area contributed by atoms with Crippen molar-refractivity contribution in [3.63, 3.8) is 0 Å². The molecule has 0 aliphatic carbocycles. The summed E-state index contributed by atoms with van der Waals surface area (Å²) in [6, 6.07) is 0. The Balaban J connectivity index is 2.51. The average molecular weight is 162 g/mol. The molecular weight excluding hydrogens is 152 g/mol. The second-order valence-electron chi connectivity index (χ2n) is 2.71. The van der Waals surface area contributed by atoms with Crippen molar-refractivity contribution < 1.29 is 4.79 Å². The van der Waals surface area contributed by atoms with E-state index in [2.05, 4.69) is 13.8 Å². The van der Waals surface area contributed by atoms with Gasteiger partial charge in [-0.05, 0) is 6.42 Å². The van der Waals surface area contributed by atoms with Crippen LogP contribution < -0.4 is 0 Å². The zero-order valence-corrected chi connectivity index (χ0v) is 7.27. The van der Waals surface area contributed by atoms with Gasteiger partial charge >= 0.3 is 0 Å². The van der Waals surface area contributed by atoms with Crippen LogP contribution in [0.15, 0.2) is 0 Å². The number of carbonyl (C=O) groups is 1. The first kappa shape index (κ1) is 7.48. The quantitative estimate of drug-likeness (QED) is 0.545. The van der Waals surface area contributed by atoms with Gasteiger partial charge in [0.1, 0.15) is 0 Å². The Hall–Kier alpha value is 0.370. The molecule has 1 rings (SSSR count). The third-order valence-corrected chi connectivity index (χ3v) is 3.45. The third-order valence-electron chi connectivity index (χ3n) is 1.28. The van der Waals surface area contributed by atoms with Gasteiger partial charge in [0.2, 0.25) is 4.45 Å². The van der Waals surface area contributed by atoms with Gasteiger partial charge in [0.15, 0.2) is 0 Å². The fourth-order valence-electron chi connectivity index (χ4n) is 0.686. The molecule has 0 bridgehead atoms. The summed E-state index contributed by atoms with van der Waals surface area (Å²) >= 11 is 2.91. The second-order valence-corrected chi connectivity index (χ2v) is 5.72. The van der Waals surface area contributed by atoms with E-state index < -0.39 is 0 Å². The van der Waals surface area contributed by atoms with E-state index in [1.807, 2.05) is 0 Å². The number of rotatable bonds is 0. The van der Waals surface area contributed by atoms with Gasteiger partial charge < -0.3 is 0 Å². The molecular formula is C6H10OS2. The minimum absolute atomic E-state index is 0.197. The molecule has 52 valence electrons. The molecule has 0 saturated carbocycles. The first-order valence-electron chi connectivity index (χ1n) is 2.96. The van der Waals surface area contributed by atoms with Crippen molar-refractivity contribution in [2.75, 3.05) is 5.75 Å². The summed E-state index contributed by atoms with van der Waals surface area (Å²) in [6.45, 7) is 4.24. The lowest BCUT2D eigenvalue weighted by Crippen LogP contribution is -2.21. The van der Waals surface area contributed by atoms with Crippen molar-refractivity contribution in [2.24, 2.45) is 0 Å². The lowest BCUT2D eigenvalue weighted by molar-refractivity contribution is 0.276. The summed E-state index contributed by atoms with van der Waals surface area (Å²) in [7, 11) is 0. The maximum atomic E-state index is 10.8. The number of thioether (sulfide) groups is 2. The molecule has 0 atom stereocenters. The van der Waals surface area contributed by atoms with Gasteiger partial charge in [0, 0.05) is 10.5 Å². The van der Waals surface area contributed by atoms with E-state index in [4.69, 9.17) is 0 Å². The number of hydrogen-bond donors (Lipinski definition) is 0. The standard InChI is InChI=1S/C6H10OS2/c1-6(2)3-4-8-5(7)9-6/h3-4H2,1-2H3. The summed E-state index contributed by atoms with van der Waals surface area (Å²) in [5.74, 6) is 0.999. The molecule has 0 unspecified atom stereocenters. The van der Waals surface area contributed by atoms with Gasteiger partial charge in [-0.25, -0.2) is 0 Å². The monoisotopic (exact) mass is 162 g/mol. The van der Waals surface area contributed by atoms with Gasteiger partial charge in [-0.3, -0.25) is 4.79 Å². The average Bonchev–Trinajstić information content (AvgIpc) is 1.60. The van der Waals surface area contributed by atoms with E-state index in [0.29, 0.717) is 0 Å². The highest BCUT2D eigenvalue weighted by Crippen LogP contribution is 2.38. The van der Waals surface area contributed by atoms with Crippen LogP contribution in [0.1, 0.15) is 20.3 Å². The predicted octanol–water partition coefficient (Wildman–Crippen LogP) is 2.76. The molecule has 1 heterocycles. The van der Waals surface area contributed by atoms with E-state index in [9.17, 15) is 4.79 Å². The maximum Gasteiger partial charge on any atom is 0.246 e. The molecule has 0 aromatic carbocycles. The minimum atomic E-state index is 0.197. The molecule has 1 saturated heterocycles. The highest BCUT2D eigenvalue weighted by atomic mass is 32.2. The third kappa shape index (κ3) is 2.22. The Morgan fingerprint density at radius 3 is 2.56 bits per heavy atom. The van der Waals surface area contributed by atoms with Crippen LogP contribution in [0.4, 0.5) is 4.79 Å². The van der Waals surface area contributed by atoms with Crippen LogP contribution in [0.2, 0.25) is 0 Å². The molecule has 0 aromatic rings. The lowest BCUT2D eigenvalue weighted by atomic mass is 10.1. The number of carbonyl (C=O) groups excluding carboxylic acids is 1. The maximum absolute atomic E-state index is 10.8. The van der Waals surface area contributed by atoms with Crippen molar-refractivity contribution >= 4 is 28.0 Å². The summed E-state index contributed by atoms with van der Waals surface area (Å²) < 4.78 is 0.480. The van der Waals surface area contributed by atoms with Crippen LogP contribution in [0.5, 0.6) is 0 Å². The molecule has 1 nitrogen and oxygen atoms in total. The number of hydrogen-bond acceptors (Lipinski definition) is 3. The summed E-state index contributed by atoms with van der Waals surface area (Å²) in [5, 5.41) is 0. The fourth-order valence-corrected chi connectivity index (χ4v) is 3.41. The van der Waals surface area contributed by atoms with Gasteiger partial charge in [-0.1, -0.05) is 37.4 Å². The van der Waals surface area contributed by atoms with Gasteiger partial charge in [0.05, 0.1) is 0 Å². The Kier molecular flexibility index (Phi) is 2.11. The normalized spacial score (nSPS) is 26.2. The first-order chi connectivity index (χ1) is 4.10. The largest absolute Gasteiger partial charge is 0.274 e. The molecule has 1 aliphatic heterocycles. The van der Waals surface area contributed by atoms with Crippen molar-refractivity contribution in [1.82, 2.24) is 0 Å². The zero-order valence-electron chi connectivity index (χ0n) is 5.64. The highest BCUT2D eigenvalue weighted by molar-refractivity contribution is 8.39. The lowest BCUT2D eigenvalue weighted by Gasteiger charge is -2.26. The minimum Gasteiger partial charge on any atom is -0.274 e. The Labute approximate surface area is 64.0 Å². The molecule has 0 spiro atoms. The van der Waals surface area contributed by atoms with E-state index in [1.165, 1.54) is 23.5 Å². The van der Waals surface area contributed by atoms with Crippen molar-refractivity contribution in [2.45, 2.75) is 25.0 Å². The van der Waals surface area contributed by atoms with Crippen LogP contribution >= 0.6 is 23.5 Å². The summed E-state index contributed by atoms with van der Waals surface area (Å²) in [6.07, 6.45) is 1.15. The molecule has 0 N–H and O–H groups in total. The summed E-state index contributed by atoms with van der Waals surface area (Å²) in [4.78, 5) is 10.8. The Morgan fingerprint density at radius 1 is 1.56 bits per heavy atom. The van der Waals surface area contributed by atoms with E-state index in [1.54, 1.807) is 0 Å². The van der Waals surface area contributed by atoms with Crippen LogP contribution in [0, 0.1) is 0 Å². The molecule has 1 aliphatic rings. The van der Waals surface area contributed by atoms with Gasteiger partial charge in [-0.2, -0.15) is 0 Å². The van der Waals surface area contributed by atoms with Crippen LogP contribution in [0.3, 0.4) is 0 Å². The highest BCUT2D eigenvalue weighted by Gasteiger charge is 2.27. The first-order valence-corrected chi connectivity index (χ1v) is 4.76. The second kappa shape index (κ2) is 2.54.